The molecule has 1 aromatic heterocycles. The van der Waals surface area contributed by atoms with Gasteiger partial charge in [-0.1, -0.05) is 19.9 Å². The predicted molar refractivity (Wildman–Crippen MR) is 74.7 cm³/mol. The fourth-order valence-electron chi connectivity index (χ4n) is 1.87. The predicted octanol–water partition coefficient (Wildman–Crippen LogP) is 2.16. The van der Waals surface area contributed by atoms with Crippen molar-refractivity contribution in [3.63, 3.8) is 0 Å². The van der Waals surface area contributed by atoms with Gasteiger partial charge in [-0.15, -0.1) is 11.3 Å². The highest BCUT2D eigenvalue weighted by molar-refractivity contribution is 7.91. The fraction of sp³-hybridized carbons (Fsp3) is 0.583. The second kappa shape index (κ2) is 7.02. The van der Waals surface area contributed by atoms with Gasteiger partial charge in [-0.25, -0.2) is 13.1 Å². The summed E-state index contributed by atoms with van der Waals surface area (Å²) in [6.45, 7) is 4.13. The van der Waals surface area contributed by atoms with Crippen LogP contribution in [0.5, 0.6) is 0 Å². The Morgan fingerprint density at radius 2 is 2.16 bits per heavy atom. The van der Waals surface area contributed by atoms with E-state index in [1.54, 1.807) is 11.4 Å². The van der Waals surface area contributed by atoms with Crippen LogP contribution in [-0.2, 0) is 14.8 Å². The van der Waals surface area contributed by atoms with Gasteiger partial charge < -0.3 is 5.11 Å². The van der Waals surface area contributed by atoms with Crippen LogP contribution in [0.2, 0.25) is 0 Å². The maximum Gasteiger partial charge on any atom is 0.303 e. The normalized spacial score (nSPS) is 13.6. The number of carboxylic acids is 1. The number of thiophene rings is 1. The fourth-order valence-corrected chi connectivity index (χ4v) is 4.02. The summed E-state index contributed by atoms with van der Waals surface area (Å²) < 4.78 is 26.6. The van der Waals surface area contributed by atoms with E-state index in [1.165, 1.54) is 6.07 Å². The van der Waals surface area contributed by atoms with Gasteiger partial charge in [0.1, 0.15) is 4.21 Å². The van der Waals surface area contributed by atoms with Gasteiger partial charge in [-0.2, -0.15) is 0 Å². The van der Waals surface area contributed by atoms with Crippen LogP contribution in [0, 0.1) is 11.8 Å². The molecule has 0 aliphatic rings. The minimum atomic E-state index is -3.51. The van der Waals surface area contributed by atoms with Crippen LogP contribution < -0.4 is 4.72 Å². The molecule has 7 heteroatoms. The van der Waals surface area contributed by atoms with Gasteiger partial charge in [0.15, 0.2) is 0 Å². The highest BCUT2D eigenvalue weighted by Gasteiger charge is 2.20. The average molecular weight is 305 g/mol. The van der Waals surface area contributed by atoms with Gasteiger partial charge in [-0.05, 0) is 29.7 Å². The first-order valence-corrected chi connectivity index (χ1v) is 8.42. The number of sulfonamides is 1. The van der Waals surface area contributed by atoms with Crippen molar-refractivity contribution >= 4 is 27.3 Å². The Bertz CT molecular complexity index is 494. The molecule has 1 rings (SSSR count). The van der Waals surface area contributed by atoms with Gasteiger partial charge in [0.05, 0.1) is 0 Å². The number of carbonyl (C=O) groups is 1. The maximum absolute atomic E-state index is 11.9. The van der Waals surface area contributed by atoms with E-state index in [2.05, 4.69) is 4.72 Å². The summed E-state index contributed by atoms with van der Waals surface area (Å²) in [4.78, 5) is 10.8. The molecule has 19 heavy (non-hydrogen) atoms. The van der Waals surface area contributed by atoms with Crippen LogP contribution in [-0.4, -0.2) is 26.0 Å². The van der Waals surface area contributed by atoms with E-state index in [4.69, 9.17) is 5.11 Å². The molecule has 0 radical (unpaired) electrons. The van der Waals surface area contributed by atoms with E-state index in [0.29, 0.717) is 12.3 Å². The molecule has 108 valence electrons. The Hall–Kier alpha value is -0.920. The molecular weight excluding hydrogens is 286 g/mol. The lowest BCUT2D eigenvalue weighted by atomic mass is 9.94. The van der Waals surface area contributed by atoms with Gasteiger partial charge in [0.2, 0.25) is 10.0 Å². The molecule has 0 bridgehead atoms. The van der Waals surface area contributed by atoms with Gasteiger partial charge in [-0.3, -0.25) is 4.79 Å². The Labute approximate surface area is 117 Å². The minimum absolute atomic E-state index is 0.0227. The highest BCUT2D eigenvalue weighted by atomic mass is 32.2. The molecule has 1 heterocycles. The van der Waals surface area contributed by atoms with Crippen molar-refractivity contribution in [3.8, 4) is 0 Å². The van der Waals surface area contributed by atoms with Gasteiger partial charge in [0.25, 0.3) is 0 Å². The molecule has 1 aromatic rings. The number of aliphatic carboxylic acids is 1. The molecule has 0 aromatic carbocycles. The zero-order valence-corrected chi connectivity index (χ0v) is 12.6. The van der Waals surface area contributed by atoms with Crippen molar-refractivity contribution in [1.29, 1.82) is 0 Å². The molecule has 2 N–H and O–H groups in total. The average Bonchev–Trinajstić information content (AvgIpc) is 2.78. The van der Waals surface area contributed by atoms with Crippen molar-refractivity contribution in [1.82, 2.24) is 4.72 Å². The summed E-state index contributed by atoms with van der Waals surface area (Å²) in [5, 5.41) is 10.5. The van der Waals surface area contributed by atoms with Crippen molar-refractivity contribution < 1.29 is 18.3 Å². The van der Waals surface area contributed by atoms with Crippen molar-refractivity contribution in [2.24, 2.45) is 11.8 Å². The van der Waals surface area contributed by atoms with Crippen molar-refractivity contribution in [3.05, 3.63) is 17.5 Å². The zero-order valence-electron chi connectivity index (χ0n) is 11.0. The molecule has 0 aliphatic carbocycles. The van der Waals surface area contributed by atoms with Gasteiger partial charge in [0, 0.05) is 13.0 Å². The first kappa shape index (κ1) is 16.1. The zero-order chi connectivity index (χ0) is 14.5. The van der Waals surface area contributed by atoms with E-state index >= 15 is 0 Å². The topological polar surface area (TPSA) is 83.5 Å². The SMILES string of the molecule is CC(C)CC(CNS(=O)(=O)c1cccs1)CC(=O)O. The number of nitrogens with one attached hydrogen (secondary N) is 1. The van der Waals surface area contributed by atoms with Crippen LogP contribution in [0.25, 0.3) is 0 Å². The van der Waals surface area contributed by atoms with Crippen molar-refractivity contribution in [2.75, 3.05) is 6.54 Å². The van der Waals surface area contributed by atoms with Crippen molar-refractivity contribution in [2.45, 2.75) is 30.9 Å². The Morgan fingerprint density at radius 3 is 2.63 bits per heavy atom. The maximum atomic E-state index is 11.9. The van der Waals surface area contributed by atoms with E-state index < -0.39 is 16.0 Å². The summed E-state index contributed by atoms with van der Waals surface area (Å²) in [5.74, 6) is -0.760. The summed E-state index contributed by atoms with van der Waals surface area (Å²) in [6.07, 6.45) is 0.657. The van der Waals surface area contributed by atoms with E-state index in [-0.39, 0.29) is 23.1 Å². The molecule has 1 unspecified atom stereocenters. The first-order valence-electron chi connectivity index (χ1n) is 6.06. The lowest BCUT2D eigenvalue weighted by Crippen LogP contribution is -2.30. The quantitative estimate of drug-likeness (QED) is 0.771. The van der Waals surface area contributed by atoms with Crippen LogP contribution in [0.1, 0.15) is 26.7 Å². The molecule has 0 spiro atoms. The van der Waals surface area contributed by atoms with Crippen LogP contribution in [0.15, 0.2) is 21.7 Å². The first-order chi connectivity index (χ1) is 8.81. The molecule has 0 aliphatic heterocycles. The highest BCUT2D eigenvalue weighted by Crippen LogP contribution is 2.18. The summed E-state index contributed by atoms with van der Waals surface area (Å²) >= 11 is 1.14. The van der Waals surface area contributed by atoms with E-state index in [0.717, 1.165) is 11.3 Å². The second-order valence-corrected chi connectivity index (χ2v) is 7.82. The third-order valence-electron chi connectivity index (χ3n) is 2.59. The Kier molecular flexibility index (Phi) is 5.96. The molecule has 0 saturated heterocycles. The molecule has 1 atom stereocenters. The molecule has 0 fully saturated rings. The number of hydrogen-bond donors (Lipinski definition) is 2. The lowest BCUT2D eigenvalue weighted by molar-refractivity contribution is -0.138. The lowest BCUT2D eigenvalue weighted by Gasteiger charge is -2.17. The number of hydrogen-bond acceptors (Lipinski definition) is 4. The number of rotatable bonds is 8. The summed E-state index contributed by atoms with van der Waals surface area (Å²) in [6, 6.07) is 3.20. The number of carboxylic acid groups (broad SMARTS) is 1. The molecular formula is C12H19NO4S2. The standard InChI is InChI=1S/C12H19NO4S2/c1-9(2)6-10(7-11(14)15)8-13-19(16,17)12-4-3-5-18-12/h3-5,9-10,13H,6-8H2,1-2H3,(H,14,15). The Balaban J connectivity index is 2.63. The Morgan fingerprint density at radius 1 is 1.47 bits per heavy atom. The third-order valence-corrected chi connectivity index (χ3v) is 5.41. The third kappa shape index (κ3) is 5.71. The molecule has 5 nitrogen and oxygen atoms in total. The molecule has 0 amide bonds. The van der Waals surface area contributed by atoms with Crippen LogP contribution >= 0.6 is 11.3 Å². The largest absolute Gasteiger partial charge is 0.481 e. The van der Waals surface area contributed by atoms with E-state index in [9.17, 15) is 13.2 Å². The summed E-state index contributed by atoms with van der Waals surface area (Å²) in [7, 11) is -3.51. The second-order valence-electron chi connectivity index (χ2n) is 4.88. The minimum Gasteiger partial charge on any atom is -0.481 e. The van der Waals surface area contributed by atoms with Crippen LogP contribution in [0.3, 0.4) is 0 Å². The van der Waals surface area contributed by atoms with Crippen LogP contribution in [0.4, 0.5) is 0 Å². The monoisotopic (exact) mass is 305 g/mol. The smallest absolute Gasteiger partial charge is 0.303 e. The summed E-state index contributed by atoms with van der Waals surface area (Å²) in [5.41, 5.74) is 0. The molecule has 0 saturated carbocycles. The van der Waals surface area contributed by atoms with Gasteiger partial charge >= 0.3 is 5.97 Å². The van der Waals surface area contributed by atoms with E-state index in [1.807, 2.05) is 13.8 Å².